The van der Waals surface area contributed by atoms with Crippen LogP contribution < -0.4 is 14.8 Å². The molecule has 1 aliphatic rings. The van der Waals surface area contributed by atoms with Gasteiger partial charge in [0.1, 0.15) is 0 Å². The standard InChI is InChI=1S/C23H28ClNO3/c1-3-5-13-28-22-19(24)14-17(15-21(22)27-4-2)23(26)25-20-12-8-10-16-9-6-7-11-18(16)20/h6-7,9,11,14-15,20H,3-5,8,10,12-13H2,1-2H3,(H,25,26)/t20-/m1/s1. The number of aryl methyl sites for hydroxylation is 1. The van der Waals surface area contributed by atoms with Gasteiger partial charge in [0.05, 0.1) is 24.3 Å². The molecule has 0 aromatic heterocycles. The number of nitrogens with one attached hydrogen (secondary N) is 1. The number of halogens is 1. The van der Waals surface area contributed by atoms with E-state index in [2.05, 4.69) is 30.4 Å². The number of hydrogen-bond donors (Lipinski definition) is 1. The van der Waals surface area contributed by atoms with Gasteiger partial charge >= 0.3 is 0 Å². The van der Waals surface area contributed by atoms with Gasteiger partial charge in [-0.25, -0.2) is 0 Å². The number of carbonyl (C=O) groups excluding carboxylic acids is 1. The van der Waals surface area contributed by atoms with Crippen molar-refractivity contribution in [3.63, 3.8) is 0 Å². The van der Waals surface area contributed by atoms with Gasteiger partial charge in [0.25, 0.3) is 5.91 Å². The molecule has 0 aliphatic heterocycles. The number of unbranched alkanes of at least 4 members (excludes halogenated alkanes) is 1. The number of hydrogen-bond acceptors (Lipinski definition) is 3. The minimum absolute atomic E-state index is 0.0206. The molecule has 28 heavy (non-hydrogen) atoms. The Kier molecular flexibility index (Phi) is 7.21. The van der Waals surface area contributed by atoms with Crippen molar-refractivity contribution in [2.24, 2.45) is 0 Å². The molecule has 0 heterocycles. The Labute approximate surface area is 172 Å². The van der Waals surface area contributed by atoms with Crippen LogP contribution in [0.25, 0.3) is 0 Å². The van der Waals surface area contributed by atoms with E-state index in [9.17, 15) is 4.79 Å². The molecule has 1 amide bonds. The lowest BCUT2D eigenvalue weighted by Gasteiger charge is -2.26. The number of benzene rings is 2. The van der Waals surface area contributed by atoms with Crippen LogP contribution in [0.4, 0.5) is 0 Å². The molecule has 1 N–H and O–H groups in total. The third kappa shape index (κ3) is 4.79. The first-order valence-corrected chi connectivity index (χ1v) is 10.5. The zero-order valence-electron chi connectivity index (χ0n) is 16.6. The van der Waals surface area contributed by atoms with Crippen molar-refractivity contribution in [1.29, 1.82) is 0 Å². The number of fused-ring (bicyclic) bond motifs is 1. The molecule has 4 nitrogen and oxygen atoms in total. The topological polar surface area (TPSA) is 47.6 Å². The van der Waals surface area contributed by atoms with Gasteiger partial charge in [-0.05, 0) is 55.9 Å². The zero-order valence-corrected chi connectivity index (χ0v) is 17.3. The smallest absolute Gasteiger partial charge is 0.251 e. The van der Waals surface area contributed by atoms with Gasteiger partial charge in [-0.1, -0.05) is 49.2 Å². The molecular formula is C23H28ClNO3. The van der Waals surface area contributed by atoms with Crippen LogP contribution in [-0.4, -0.2) is 19.1 Å². The van der Waals surface area contributed by atoms with Crippen molar-refractivity contribution in [3.8, 4) is 11.5 Å². The van der Waals surface area contributed by atoms with Gasteiger partial charge in [0.2, 0.25) is 0 Å². The maximum atomic E-state index is 12.9. The van der Waals surface area contributed by atoms with Gasteiger partial charge in [0, 0.05) is 5.56 Å². The molecular weight excluding hydrogens is 374 g/mol. The highest BCUT2D eigenvalue weighted by molar-refractivity contribution is 6.32. The Balaban J connectivity index is 1.80. The average molecular weight is 402 g/mol. The summed E-state index contributed by atoms with van der Waals surface area (Å²) in [5.41, 5.74) is 3.00. The maximum Gasteiger partial charge on any atom is 0.251 e. The minimum Gasteiger partial charge on any atom is -0.490 e. The summed E-state index contributed by atoms with van der Waals surface area (Å²) in [6.07, 6.45) is 5.03. The SMILES string of the molecule is CCCCOc1c(Cl)cc(C(=O)N[C@@H]2CCCc3ccccc32)cc1OCC. The van der Waals surface area contributed by atoms with Gasteiger partial charge in [-0.2, -0.15) is 0 Å². The molecule has 1 atom stereocenters. The summed E-state index contributed by atoms with van der Waals surface area (Å²) in [6, 6.07) is 11.7. The molecule has 0 fully saturated rings. The van der Waals surface area contributed by atoms with Crippen LogP contribution in [0.3, 0.4) is 0 Å². The molecule has 0 radical (unpaired) electrons. The predicted octanol–water partition coefficient (Wildman–Crippen LogP) is 5.73. The summed E-state index contributed by atoms with van der Waals surface area (Å²) in [5, 5.41) is 3.57. The molecule has 150 valence electrons. The van der Waals surface area contributed by atoms with Gasteiger partial charge in [-0.3, -0.25) is 4.79 Å². The van der Waals surface area contributed by atoms with Crippen LogP contribution in [-0.2, 0) is 6.42 Å². The van der Waals surface area contributed by atoms with Crippen LogP contribution in [0.1, 0.15) is 67.1 Å². The van der Waals surface area contributed by atoms with Gasteiger partial charge in [-0.15, -0.1) is 0 Å². The second kappa shape index (κ2) is 9.83. The fourth-order valence-electron chi connectivity index (χ4n) is 3.57. The van der Waals surface area contributed by atoms with E-state index < -0.39 is 0 Å². The van der Waals surface area contributed by atoms with Crippen molar-refractivity contribution in [1.82, 2.24) is 5.32 Å². The van der Waals surface area contributed by atoms with Crippen LogP contribution in [0.5, 0.6) is 11.5 Å². The van der Waals surface area contributed by atoms with Crippen molar-refractivity contribution >= 4 is 17.5 Å². The molecule has 0 bridgehead atoms. The van der Waals surface area contributed by atoms with E-state index in [4.69, 9.17) is 21.1 Å². The van der Waals surface area contributed by atoms with E-state index in [1.807, 2.05) is 13.0 Å². The Morgan fingerprint density at radius 3 is 2.82 bits per heavy atom. The predicted molar refractivity (Wildman–Crippen MR) is 113 cm³/mol. The van der Waals surface area contributed by atoms with Crippen LogP contribution in [0.15, 0.2) is 36.4 Å². The fraction of sp³-hybridized carbons (Fsp3) is 0.435. The quantitative estimate of drug-likeness (QED) is 0.575. The zero-order chi connectivity index (χ0) is 19.9. The van der Waals surface area contributed by atoms with Crippen molar-refractivity contribution < 1.29 is 14.3 Å². The normalized spacial score (nSPS) is 15.6. The largest absolute Gasteiger partial charge is 0.490 e. The summed E-state index contributed by atoms with van der Waals surface area (Å²) < 4.78 is 11.5. The number of rotatable bonds is 8. The Bertz CT molecular complexity index is 821. The number of carbonyl (C=O) groups is 1. The van der Waals surface area contributed by atoms with E-state index in [1.54, 1.807) is 12.1 Å². The second-order valence-corrected chi connectivity index (χ2v) is 7.44. The highest BCUT2D eigenvalue weighted by atomic mass is 35.5. The summed E-state index contributed by atoms with van der Waals surface area (Å²) >= 11 is 6.43. The first kappa shape index (κ1) is 20.5. The Morgan fingerprint density at radius 1 is 1.21 bits per heavy atom. The highest BCUT2D eigenvalue weighted by Gasteiger charge is 2.23. The summed E-state index contributed by atoms with van der Waals surface area (Å²) in [6.45, 7) is 5.04. The molecule has 0 unspecified atom stereocenters. The monoisotopic (exact) mass is 401 g/mol. The molecule has 0 saturated carbocycles. The highest BCUT2D eigenvalue weighted by Crippen LogP contribution is 2.37. The summed E-state index contributed by atoms with van der Waals surface area (Å²) in [7, 11) is 0. The average Bonchev–Trinajstić information content (AvgIpc) is 2.70. The van der Waals surface area contributed by atoms with Crippen molar-refractivity contribution in [3.05, 3.63) is 58.1 Å². The third-order valence-electron chi connectivity index (χ3n) is 4.99. The van der Waals surface area contributed by atoms with Crippen LogP contribution in [0.2, 0.25) is 5.02 Å². The summed E-state index contributed by atoms with van der Waals surface area (Å²) in [4.78, 5) is 12.9. The molecule has 0 saturated heterocycles. The molecule has 1 aliphatic carbocycles. The Morgan fingerprint density at radius 2 is 2.04 bits per heavy atom. The van der Waals surface area contributed by atoms with E-state index in [0.29, 0.717) is 35.3 Å². The minimum atomic E-state index is -0.148. The molecule has 3 rings (SSSR count). The number of amides is 1. The molecule has 2 aromatic carbocycles. The van der Waals surface area contributed by atoms with E-state index in [1.165, 1.54) is 11.1 Å². The summed E-state index contributed by atoms with van der Waals surface area (Å²) in [5.74, 6) is 0.876. The molecule has 2 aromatic rings. The maximum absolute atomic E-state index is 12.9. The first-order chi connectivity index (χ1) is 13.6. The van der Waals surface area contributed by atoms with Crippen LogP contribution in [0, 0.1) is 0 Å². The van der Waals surface area contributed by atoms with E-state index in [-0.39, 0.29) is 11.9 Å². The third-order valence-corrected chi connectivity index (χ3v) is 5.27. The Hall–Kier alpha value is -2.20. The van der Waals surface area contributed by atoms with Gasteiger partial charge in [0.15, 0.2) is 11.5 Å². The number of ether oxygens (including phenoxy) is 2. The lowest BCUT2D eigenvalue weighted by molar-refractivity contribution is 0.0932. The second-order valence-electron chi connectivity index (χ2n) is 7.04. The first-order valence-electron chi connectivity index (χ1n) is 10.1. The van der Waals surface area contributed by atoms with Crippen LogP contribution >= 0.6 is 11.6 Å². The molecule has 5 heteroatoms. The van der Waals surface area contributed by atoms with Crippen molar-refractivity contribution in [2.75, 3.05) is 13.2 Å². The van der Waals surface area contributed by atoms with E-state index >= 15 is 0 Å². The van der Waals surface area contributed by atoms with E-state index in [0.717, 1.165) is 32.1 Å². The van der Waals surface area contributed by atoms with Gasteiger partial charge < -0.3 is 14.8 Å². The lowest BCUT2D eigenvalue weighted by Crippen LogP contribution is -2.31. The lowest BCUT2D eigenvalue weighted by atomic mass is 9.87. The van der Waals surface area contributed by atoms with Crippen molar-refractivity contribution in [2.45, 2.75) is 52.0 Å². The fourth-order valence-corrected chi connectivity index (χ4v) is 3.83. The molecule has 0 spiro atoms.